The maximum atomic E-state index is 11.6. The molecule has 0 aromatic carbocycles. The maximum absolute atomic E-state index is 11.6. The van der Waals surface area contributed by atoms with E-state index in [0.29, 0.717) is 0 Å². The molecule has 1 fully saturated rings. The van der Waals surface area contributed by atoms with Crippen LogP contribution in [0.1, 0.15) is 6.23 Å². The highest BCUT2D eigenvalue weighted by molar-refractivity contribution is 5.26. The van der Waals surface area contributed by atoms with Gasteiger partial charge < -0.3 is 31.5 Å². The van der Waals surface area contributed by atoms with E-state index in [1.54, 1.807) is 0 Å². The van der Waals surface area contributed by atoms with Gasteiger partial charge >= 0.3 is 5.69 Å². The van der Waals surface area contributed by atoms with Crippen LogP contribution in [-0.2, 0) is 4.74 Å². The predicted molar refractivity (Wildman–Crippen MR) is 58.1 cm³/mol. The minimum Gasteiger partial charge on any atom is -0.394 e. The lowest BCUT2D eigenvalue weighted by atomic mass is 10.1. The number of nitrogens with zero attached hydrogens (tertiary/aromatic N) is 3. The van der Waals surface area contributed by atoms with Crippen LogP contribution in [0.25, 0.3) is 0 Å². The van der Waals surface area contributed by atoms with Crippen LogP contribution in [0.5, 0.6) is 0 Å². The van der Waals surface area contributed by atoms with Crippen LogP contribution in [0.4, 0.5) is 11.9 Å². The molecule has 4 atom stereocenters. The fourth-order valence-corrected chi connectivity index (χ4v) is 1.78. The number of rotatable bonds is 2. The summed E-state index contributed by atoms with van der Waals surface area (Å²) in [5, 5.41) is 28.2. The van der Waals surface area contributed by atoms with Crippen molar-refractivity contribution in [2.75, 3.05) is 18.1 Å². The Morgan fingerprint density at radius 2 is 1.94 bits per heavy atom. The van der Waals surface area contributed by atoms with Gasteiger partial charge in [-0.05, 0) is 0 Å². The number of ether oxygens (including phenoxy) is 1. The maximum Gasteiger partial charge on any atom is 0.355 e. The Hall–Kier alpha value is -1.75. The van der Waals surface area contributed by atoms with E-state index in [1.807, 2.05) is 0 Å². The molecule has 1 aromatic rings. The fraction of sp³-hybridized carbons (Fsp3) is 0.625. The van der Waals surface area contributed by atoms with E-state index in [-0.39, 0.29) is 11.9 Å². The third kappa shape index (κ3) is 1.90. The van der Waals surface area contributed by atoms with Gasteiger partial charge in [0.25, 0.3) is 0 Å². The lowest BCUT2D eigenvalue weighted by molar-refractivity contribution is -0.0542. The minimum absolute atomic E-state index is 0.303. The number of nitrogen functional groups attached to an aromatic ring is 2. The van der Waals surface area contributed by atoms with E-state index < -0.39 is 36.8 Å². The van der Waals surface area contributed by atoms with Gasteiger partial charge in [0.2, 0.25) is 11.9 Å². The minimum atomic E-state index is -1.44. The first-order valence-electron chi connectivity index (χ1n) is 5.09. The van der Waals surface area contributed by atoms with E-state index in [0.717, 1.165) is 4.57 Å². The van der Waals surface area contributed by atoms with Crippen LogP contribution in [0, 0.1) is 0 Å². The summed E-state index contributed by atoms with van der Waals surface area (Å²) >= 11 is 0. The summed E-state index contributed by atoms with van der Waals surface area (Å²) in [6, 6.07) is 0. The molecule has 2 heterocycles. The number of hydrogen-bond donors (Lipinski definition) is 5. The first kappa shape index (κ1) is 12.7. The molecule has 0 radical (unpaired) electrons. The average Bonchev–Trinajstić information content (AvgIpc) is 2.56. The summed E-state index contributed by atoms with van der Waals surface area (Å²) in [4.78, 5) is 18.5. The molecule has 0 aliphatic carbocycles. The van der Waals surface area contributed by atoms with Gasteiger partial charge in [-0.3, -0.25) is 0 Å². The molecule has 10 nitrogen and oxygen atoms in total. The SMILES string of the molecule is Nc1nc(N)n(C2OC(CO)C(O)C2O)c(=O)n1. The van der Waals surface area contributed by atoms with Gasteiger partial charge in [-0.2, -0.15) is 9.97 Å². The Morgan fingerprint density at radius 1 is 1.28 bits per heavy atom. The molecule has 0 bridgehead atoms. The molecule has 1 saturated heterocycles. The molecule has 10 heteroatoms. The monoisotopic (exact) mass is 259 g/mol. The number of anilines is 2. The van der Waals surface area contributed by atoms with E-state index in [4.69, 9.17) is 21.3 Å². The zero-order valence-electron chi connectivity index (χ0n) is 9.17. The van der Waals surface area contributed by atoms with E-state index in [2.05, 4.69) is 9.97 Å². The van der Waals surface area contributed by atoms with Crippen LogP contribution < -0.4 is 17.2 Å². The predicted octanol–water partition coefficient (Wildman–Crippen LogP) is -3.59. The number of aromatic nitrogens is 3. The van der Waals surface area contributed by atoms with Crippen LogP contribution in [0.2, 0.25) is 0 Å². The third-order valence-electron chi connectivity index (χ3n) is 2.66. The van der Waals surface area contributed by atoms with Gasteiger partial charge in [-0.15, -0.1) is 0 Å². The van der Waals surface area contributed by atoms with Gasteiger partial charge in [-0.25, -0.2) is 9.36 Å². The first-order chi connectivity index (χ1) is 8.45. The van der Waals surface area contributed by atoms with Crippen molar-refractivity contribution in [2.45, 2.75) is 24.5 Å². The summed E-state index contributed by atoms with van der Waals surface area (Å²) < 4.78 is 5.90. The van der Waals surface area contributed by atoms with Crippen molar-refractivity contribution in [3.8, 4) is 0 Å². The lowest BCUT2D eigenvalue weighted by Crippen LogP contribution is -2.37. The van der Waals surface area contributed by atoms with Crippen molar-refractivity contribution in [1.29, 1.82) is 0 Å². The highest BCUT2D eigenvalue weighted by Gasteiger charge is 2.44. The van der Waals surface area contributed by atoms with Gasteiger partial charge in [-0.1, -0.05) is 0 Å². The van der Waals surface area contributed by atoms with Gasteiger partial charge in [0.15, 0.2) is 6.23 Å². The van der Waals surface area contributed by atoms with Gasteiger partial charge in [0, 0.05) is 0 Å². The summed E-state index contributed by atoms with van der Waals surface area (Å²) in [5.74, 6) is -0.608. The van der Waals surface area contributed by atoms with Crippen molar-refractivity contribution < 1.29 is 20.1 Å². The zero-order chi connectivity index (χ0) is 13.4. The Kier molecular flexibility index (Phi) is 3.17. The smallest absolute Gasteiger partial charge is 0.355 e. The van der Waals surface area contributed by atoms with Crippen LogP contribution in [0.3, 0.4) is 0 Å². The normalized spacial score (nSPS) is 31.7. The molecule has 100 valence electrons. The molecule has 7 N–H and O–H groups in total. The van der Waals surface area contributed by atoms with Crippen molar-refractivity contribution in [1.82, 2.24) is 14.5 Å². The van der Waals surface area contributed by atoms with Crippen LogP contribution in [-0.4, -0.2) is 54.8 Å². The molecule has 2 rings (SSSR count). The topological polar surface area (TPSA) is 170 Å². The average molecular weight is 259 g/mol. The molecular formula is C8H13N5O5. The highest BCUT2D eigenvalue weighted by atomic mass is 16.6. The molecule has 18 heavy (non-hydrogen) atoms. The van der Waals surface area contributed by atoms with Crippen molar-refractivity contribution in [2.24, 2.45) is 0 Å². The lowest BCUT2D eigenvalue weighted by Gasteiger charge is -2.18. The third-order valence-corrected chi connectivity index (χ3v) is 2.66. The molecule has 1 aliphatic heterocycles. The second-order valence-electron chi connectivity index (χ2n) is 3.82. The summed E-state index contributed by atoms with van der Waals surface area (Å²) in [6.07, 6.45) is -5.07. The molecule has 0 saturated carbocycles. The second-order valence-corrected chi connectivity index (χ2v) is 3.82. The molecule has 1 aliphatic rings. The highest BCUT2D eigenvalue weighted by Crippen LogP contribution is 2.29. The first-order valence-corrected chi connectivity index (χ1v) is 5.09. The summed E-state index contributed by atoms with van der Waals surface area (Å²) in [5.41, 5.74) is 9.86. The Labute approximate surface area is 100 Å². The van der Waals surface area contributed by atoms with E-state index >= 15 is 0 Å². The molecule has 0 spiro atoms. The largest absolute Gasteiger partial charge is 0.394 e. The van der Waals surface area contributed by atoms with Crippen LogP contribution in [0.15, 0.2) is 4.79 Å². The second kappa shape index (κ2) is 4.49. The number of hydrogen-bond acceptors (Lipinski definition) is 9. The Morgan fingerprint density at radius 3 is 2.44 bits per heavy atom. The number of nitrogens with two attached hydrogens (primary N) is 2. The van der Waals surface area contributed by atoms with Gasteiger partial charge in [0.05, 0.1) is 6.61 Å². The van der Waals surface area contributed by atoms with Crippen molar-refractivity contribution >= 4 is 11.9 Å². The fourth-order valence-electron chi connectivity index (χ4n) is 1.78. The Balaban J connectivity index is 2.42. The summed E-state index contributed by atoms with van der Waals surface area (Å²) in [6.45, 7) is -0.515. The molecular weight excluding hydrogens is 246 g/mol. The Bertz CT molecular complexity index is 505. The van der Waals surface area contributed by atoms with E-state index in [1.165, 1.54) is 0 Å². The summed E-state index contributed by atoms with van der Waals surface area (Å²) in [7, 11) is 0. The quantitative estimate of drug-likeness (QED) is 0.360. The van der Waals surface area contributed by atoms with Gasteiger partial charge in [0.1, 0.15) is 18.3 Å². The van der Waals surface area contributed by atoms with E-state index in [9.17, 15) is 15.0 Å². The number of aliphatic hydroxyl groups is 3. The van der Waals surface area contributed by atoms with Crippen molar-refractivity contribution in [3.05, 3.63) is 10.5 Å². The molecule has 0 amide bonds. The number of aliphatic hydroxyl groups excluding tert-OH is 3. The van der Waals surface area contributed by atoms with Crippen molar-refractivity contribution in [3.63, 3.8) is 0 Å². The standard InChI is InChI=1S/C8H13N5O5/c9-6-11-7(10)13(8(17)12-6)5-4(16)3(15)2(1-14)18-5/h2-5,14-16H,1H2,(H4,9,10,11,12,17). The zero-order valence-corrected chi connectivity index (χ0v) is 9.17. The molecule has 1 aromatic heterocycles. The van der Waals surface area contributed by atoms with Crippen LogP contribution >= 0.6 is 0 Å². The molecule has 4 unspecified atom stereocenters.